The van der Waals surface area contributed by atoms with E-state index in [1.54, 1.807) is 19.9 Å². The van der Waals surface area contributed by atoms with Crippen LogP contribution in [0.15, 0.2) is 33.8 Å². The first-order chi connectivity index (χ1) is 10.7. The lowest BCUT2D eigenvalue weighted by atomic mass is 10.1. The fourth-order valence-electron chi connectivity index (χ4n) is 1.90. The standard InChI is InChI=1S/C14H12F3N3O3/c1-8-5-10(9(2)23-8)7-18-19-12-4-3-11(14(15,16)17)6-13(12)20(21)22/h3-7,19H,1-2H3/b18-7-. The number of alkyl halides is 3. The van der Waals surface area contributed by atoms with Gasteiger partial charge < -0.3 is 4.42 Å². The number of furan rings is 1. The summed E-state index contributed by atoms with van der Waals surface area (Å²) in [5.41, 5.74) is 1.08. The summed E-state index contributed by atoms with van der Waals surface area (Å²) in [5, 5.41) is 14.7. The summed E-state index contributed by atoms with van der Waals surface area (Å²) in [4.78, 5) is 10.0. The number of hydrogen-bond donors (Lipinski definition) is 1. The van der Waals surface area contributed by atoms with Crippen molar-refractivity contribution in [2.75, 3.05) is 5.43 Å². The number of hydrazone groups is 1. The molecule has 1 heterocycles. The molecule has 2 aromatic rings. The number of benzene rings is 1. The lowest BCUT2D eigenvalue weighted by Gasteiger charge is -2.08. The summed E-state index contributed by atoms with van der Waals surface area (Å²) in [7, 11) is 0. The third-order valence-electron chi connectivity index (χ3n) is 2.99. The van der Waals surface area contributed by atoms with Crippen LogP contribution < -0.4 is 5.43 Å². The Hall–Kier alpha value is -2.84. The number of nitrogens with zero attached hydrogens (tertiary/aromatic N) is 2. The molecule has 9 heteroatoms. The molecule has 0 amide bonds. The topological polar surface area (TPSA) is 80.7 Å². The average Bonchev–Trinajstić information content (AvgIpc) is 2.76. The van der Waals surface area contributed by atoms with Crippen molar-refractivity contribution in [3.63, 3.8) is 0 Å². The molecular weight excluding hydrogens is 315 g/mol. The predicted octanol–water partition coefficient (Wildman–Crippen LogP) is 4.27. The van der Waals surface area contributed by atoms with Crippen LogP contribution in [0.2, 0.25) is 0 Å². The quantitative estimate of drug-likeness (QED) is 0.516. The van der Waals surface area contributed by atoms with Gasteiger partial charge in [0.05, 0.1) is 16.7 Å². The number of nitrogens with one attached hydrogen (secondary N) is 1. The molecule has 1 N–H and O–H groups in total. The van der Waals surface area contributed by atoms with Gasteiger partial charge in [-0.25, -0.2) is 0 Å². The van der Waals surface area contributed by atoms with E-state index in [0.29, 0.717) is 23.2 Å². The van der Waals surface area contributed by atoms with Gasteiger partial charge in [-0.1, -0.05) is 0 Å². The fraction of sp³-hybridized carbons (Fsp3) is 0.214. The van der Waals surface area contributed by atoms with E-state index in [9.17, 15) is 23.3 Å². The highest BCUT2D eigenvalue weighted by Crippen LogP contribution is 2.34. The van der Waals surface area contributed by atoms with Crippen LogP contribution in [-0.4, -0.2) is 11.1 Å². The zero-order valence-corrected chi connectivity index (χ0v) is 12.1. The van der Waals surface area contributed by atoms with E-state index in [4.69, 9.17) is 4.42 Å². The maximum atomic E-state index is 12.6. The minimum absolute atomic E-state index is 0.142. The lowest BCUT2D eigenvalue weighted by molar-refractivity contribution is -0.384. The van der Waals surface area contributed by atoms with E-state index in [2.05, 4.69) is 10.5 Å². The number of rotatable bonds is 4. The molecule has 6 nitrogen and oxygen atoms in total. The number of halogens is 3. The van der Waals surface area contributed by atoms with Crippen molar-refractivity contribution in [2.45, 2.75) is 20.0 Å². The number of hydrogen-bond acceptors (Lipinski definition) is 5. The first kappa shape index (κ1) is 16.5. The van der Waals surface area contributed by atoms with Crippen molar-refractivity contribution in [3.8, 4) is 0 Å². The number of nitro benzene ring substituents is 1. The van der Waals surface area contributed by atoms with Gasteiger partial charge in [-0.3, -0.25) is 15.5 Å². The van der Waals surface area contributed by atoms with E-state index in [1.807, 2.05) is 0 Å². The van der Waals surface area contributed by atoms with Gasteiger partial charge in [0.25, 0.3) is 5.69 Å². The monoisotopic (exact) mass is 327 g/mol. The third kappa shape index (κ3) is 3.87. The van der Waals surface area contributed by atoms with E-state index >= 15 is 0 Å². The van der Waals surface area contributed by atoms with Crippen molar-refractivity contribution in [3.05, 3.63) is 57.0 Å². The van der Waals surface area contributed by atoms with Gasteiger partial charge in [0, 0.05) is 11.6 Å². The maximum absolute atomic E-state index is 12.6. The van der Waals surface area contributed by atoms with Gasteiger partial charge in [0.1, 0.15) is 17.2 Å². The molecule has 1 aromatic heterocycles. The highest BCUT2D eigenvalue weighted by Gasteiger charge is 2.33. The highest BCUT2D eigenvalue weighted by atomic mass is 19.4. The molecular formula is C14H12F3N3O3. The minimum atomic E-state index is -4.65. The molecule has 0 spiro atoms. The summed E-state index contributed by atoms with van der Waals surface area (Å²) in [6.07, 6.45) is -3.29. The van der Waals surface area contributed by atoms with Gasteiger partial charge in [-0.15, -0.1) is 0 Å². The first-order valence-corrected chi connectivity index (χ1v) is 6.40. The number of anilines is 1. The first-order valence-electron chi connectivity index (χ1n) is 6.40. The Morgan fingerprint density at radius 2 is 2.00 bits per heavy atom. The van der Waals surface area contributed by atoms with Gasteiger partial charge in [0.2, 0.25) is 0 Å². The van der Waals surface area contributed by atoms with Crippen LogP contribution in [0.1, 0.15) is 22.6 Å². The van der Waals surface area contributed by atoms with Crippen LogP contribution in [0.3, 0.4) is 0 Å². The summed E-state index contributed by atoms with van der Waals surface area (Å²) in [6, 6.07) is 3.89. The second-order valence-electron chi connectivity index (χ2n) is 4.73. The van der Waals surface area contributed by atoms with Crippen LogP contribution in [0.4, 0.5) is 24.5 Å². The lowest BCUT2D eigenvalue weighted by Crippen LogP contribution is -2.06. The van der Waals surface area contributed by atoms with Gasteiger partial charge in [-0.2, -0.15) is 18.3 Å². The smallest absolute Gasteiger partial charge is 0.416 e. The zero-order valence-electron chi connectivity index (χ0n) is 12.1. The molecule has 0 unspecified atom stereocenters. The van der Waals surface area contributed by atoms with Crippen molar-refractivity contribution in [1.82, 2.24) is 0 Å². The van der Waals surface area contributed by atoms with Crippen molar-refractivity contribution in [1.29, 1.82) is 0 Å². The molecule has 0 aliphatic rings. The molecule has 23 heavy (non-hydrogen) atoms. The predicted molar refractivity (Wildman–Crippen MR) is 77.5 cm³/mol. The Bertz CT molecular complexity index is 766. The summed E-state index contributed by atoms with van der Waals surface area (Å²) in [6.45, 7) is 3.47. The fourth-order valence-corrected chi connectivity index (χ4v) is 1.90. The van der Waals surface area contributed by atoms with Gasteiger partial charge in [-0.05, 0) is 32.0 Å². The molecule has 0 saturated heterocycles. The van der Waals surface area contributed by atoms with E-state index in [0.717, 1.165) is 12.1 Å². The molecule has 0 saturated carbocycles. The van der Waals surface area contributed by atoms with E-state index in [-0.39, 0.29) is 5.69 Å². The Kier molecular flexibility index (Phi) is 4.39. The molecule has 122 valence electrons. The van der Waals surface area contributed by atoms with Crippen LogP contribution in [0, 0.1) is 24.0 Å². The summed E-state index contributed by atoms with van der Waals surface area (Å²) in [5.74, 6) is 1.28. The van der Waals surface area contributed by atoms with Crippen molar-refractivity contribution < 1.29 is 22.5 Å². The second kappa shape index (κ2) is 6.11. The Morgan fingerprint density at radius 3 is 2.52 bits per heavy atom. The van der Waals surface area contributed by atoms with Crippen LogP contribution in [0.5, 0.6) is 0 Å². The average molecular weight is 327 g/mol. The number of nitro groups is 1. The Balaban J connectivity index is 2.26. The Labute approximate surface area is 128 Å². The molecule has 0 radical (unpaired) electrons. The van der Waals surface area contributed by atoms with Crippen molar-refractivity contribution in [2.24, 2.45) is 5.10 Å². The normalized spacial score (nSPS) is 11.9. The van der Waals surface area contributed by atoms with Gasteiger partial charge in [0.15, 0.2) is 0 Å². The van der Waals surface area contributed by atoms with E-state index in [1.165, 1.54) is 6.21 Å². The van der Waals surface area contributed by atoms with Crippen molar-refractivity contribution >= 4 is 17.6 Å². The van der Waals surface area contributed by atoms with Crippen LogP contribution >= 0.6 is 0 Å². The maximum Gasteiger partial charge on any atom is 0.416 e. The van der Waals surface area contributed by atoms with Gasteiger partial charge >= 0.3 is 6.18 Å². The van der Waals surface area contributed by atoms with Crippen LogP contribution in [-0.2, 0) is 6.18 Å². The highest BCUT2D eigenvalue weighted by molar-refractivity contribution is 5.82. The molecule has 2 rings (SSSR count). The van der Waals surface area contributed by atoms with E-state index < -0.39 is 22.4 Å². The molecule has 0 fully saturated rings. The summed E-state index contributed by atoms with van der Waals surface area (Å²) < 4.78 is 43.1. The zero-order chi connectivity index (χ0) is 17.2. The molecule has 0 atom stereocenters. The molecule has 0 aliphatic carbocycles. The second-order valence-corrected chi connectivity index (χ2v) is 4.73. The minimum Gasteiger partial charge on any atom is -0.466 e. The Morgan fingerprint density at radius 1 is 1.30 bits per heavy atom. The number of aryl methyl sites for hydroxylation is 2. The largest absolute Gasteiger partial charge is 0.466 e. The van der Waals surface area contributed by atoms with Crippen LogP contribution in [0.25, 0.3) is 0 Å². The molecule has 0 aliphatic heterocycles. The third-order valence-corrected chi connectivity index (χ3v) is 2.99. The molecule has 1 aromatic carbocycles. The summed E-state index contributed by atoms with van der Waals surface area (Å²) >= 11 is 0. The molecule has 0 bridgehead atoms. The SMILES string of the molecule is Cc1cc(/C=N\Nc2ccc(C(F)(F)F)cc2[N+](=O)[O-])c(C)o1.